The molecule has 4 aromatic rings. The summed E-state index contributed by atoms with van der Waals surface area (Å²) in [5, 5.41) is 5.50. The van der Waals surface area contributed by atoms with Crippen LogP contribution in [-0.4, -0.2) is 33.6 Å². The maximum Gasteiger partial charge on any atom is 0.271 e. The number of amides is 1. The van der Waals surface area contributed by atoms with Gasteiger partial charge >= 0.3 is 0 Å². The van der Waals surface area contributed by atoms with E-state index < -0.39 is 5.91 Å². The minimum absolute atomic E-state index is 0.0109. The minimum atomic E-state index is -0.472. The van der Waals surface area contributed by atoms with E-state index in [1.54, 1.807) is 18.7 Å². The zero-order valence-electron chi connectivity index (χ0n) is 14.0. The van der Waals surface area contributed by atoms with Gasteiger partial charge in [-0.3, -0.25) is 14.0 Å². The van der Waals surface area contributed by atoms with Gasteiger partial charge in [0.1, 0.15) is 5.56 Å². The number of nitrogens with zero attached hydrogens (tertiary/aromatic N) is 3. The number of nitrogens with one attached hydrogen (secondary N) is 1. The number of aromatic nitrogens is 3. The monoisotopic (exact) mass is 368 g/mol. The molecule has 0 aliphatic carbocycles. The maximum absolute atomic E-state index is 12.6. The molecule has 1 amide bonds. The molecule has 1 aromatic carbocycles. The number of fused-ring (bicyclic) bond motifs is 2. The Kier molecular flexibility index (Phi) is 4.27. The number of hydrogen-bond donors (Lipinski definition) is 1. The molecule has 0 saturated carbocycles. The molecule has 0 saturated heterocycles. The predicted octanol–water partition coefficient (Wildman–Crippen LogP) is 2.61. The summed E-state index contributed by atoms with van der Waals surface area (Å²) < 4.78 is 8.56. The first-order chi connectivity index (χ1) is 12.7. The SMILES string of the molecule is COCCn1ccc2c(NC(=O)c3cnc4sccn4c3=O)cccc21. The molecule has 3 aromatic heterocycles. The maximum atomic E-state index is 12.6. The van der Waals surface area contributed by atoms with Gasteiger partial charge in [0.05, 0.1) is 17.8 Å². The van der Waals surface area contributed by atoms with Crippen molar-refractivity contribution in [2.75, 3.05) is 19.0 Å². The Morgan fingerprint density at radius 2 is 2.19 bits per heavy atom. The van der Waals surface area contributed by atoms with Gasteiger partial charge in [-0.25, -0.2) is 4.98 Å². The summed E-state index contributed by atoms with van der Waals surface area (Å²) in [5.41, 5.74) is 1.27. The second kappa shape index (κ2) is 6.74. The van der Waals surface area contributed by atoms with Crippen LogP contribution in [0.5, 0.6) is 0 Å². The molecule has 7 nitrogen and oxygen atoms in total. The molecule has 0 radical (unpaired) electrons. The van der Waals surface area contributed by atoms with Crippen LogP contribution in [0.4, 0.5) is 5.69 Å². The lowest BCUT2D eigenvalue weighted by Gasteiger charge is -2.08. The second-order valence-corrected chi connectivity index (χ2v) is 6.60. The van der Waals surface area contributed by atoms with E-state index in [9.17, 15) is 9.59 Å². The smallest absolute Gasteiger partial charge is 0.271 e. The van der Waals surface area contributed by atoms with Gasteiger partial charge in [-0.15, -0.1) is 11.3 Å². The molecule has 0 aliphatic rings. The number of benzene rings is 1. The van der Waals surface area contributed by atoms with Crippen molar-refractivity contribution < 1.29 is 9.53 Å². The van der Waals surface area contributed by atoms with E-state index in [2.05, 4.69) is 14.9 Å². The summed E-state index contributed by atoms with van der Waals surface area (Å²) in [6.45, 7) is 1.32. The largest absolute Gasteiger partial charge is 0.383 e. The van der Waals surface area contributed by atoms with Crippen LogP contribution in [-0.2, 0) is 11.3 Å². The Morgan fingerprint density at radius 3 is 3.04 bits per heavy atom. The Balaban J connectivity index is 1.68. The van der Waals surface area contributed by atoms with Crippen LogP contribution in [0.25, 0.3) is 15.9 Å². The molecule has 26 heavy (non-hydrogen) atoms. The van der Waals surface area contributed by atoms with Gasteiger partial charge in [0.25, 0.3) is 11.5 Å². The third-order valence-electron chi connectivity index (χ3n) is 4.19. The van der Waals surface area contributed by atoms with Gasteiger partial charge in [0, 0.05) is 43.0 Å². The molecule has 8 heteroatoms. The quantitative estimate of drug-likeness (QED) is 0.587. The van der Waals surface area contributed by atoms with Gasteiger partial charge in [-0.1, -0.05) is 6.07 Å². The topological polar surface area (TPSA) is 77.6 Å². The minimum Gasteiger partial charge on any atom is -0.383 e. The number of ether oxygens (including phenoxy) is 1. The number of rotatable bonds is 5. The molecule has 0 unspecified atom stereocenters. The highest BCUT2D eigenvalue weighted by atomic mass is 32.1. The van der Waals surface area contributed by atoms with E-state index in [1.165, 1.54) is 21.9 Å². The van der Waals surface area contributed by atoms with E-state index >= 15 is 0 Å². The average Bonchev–Trinajstić information content (AvgIpc) is 3.28. The van der Waals surface area contributed by atoms with Crippen molar-refractivity contribution >= 4 is 38.8 Å². The fourth-order valence-electron chi connectivity index (χ4n) is 2.89. The Hall–Kier alpha value is -2.97. The zero-order valence-corrected chi connectivity index (χ0v) is 14.8. The van der Waals surface area contributed by atoms with E-state index in [4.69, 9.17) is 4.74 Å². The average molecular weight is 368 g/mol. The van der Waals surface area contributed by atoms with Crippen LogP contribution in [0.1, 0.15) is 10.4 Å². The molecule has 3 heterocycles. The van der Waals surface area contributed by atoms with E-state index in [0.29, 0.717) is 17.3 Å². The standard InChI is InChI=1S/C18H16N4O3S/c1-25-9-7-21-6-5-12-14(3-2-4-15(12)21)20-16(23)13-11-19-18-22(17(13)24)8-10-26-18/h2-6,8,10-11H,7,9H2,1H3,(H,20,23). The molecule has 0 fully saturated rings. The fraction of sp³-hybridized carbons (Fsp3) is 0.167. The predicted molar refractivity (Wildman–Crippen MR) is 101 cm³/mol. The highest BCUT2D eigenvalue weighted by Crippen LogP contribution is 2.25. The van der Waals surface area contributed by atoms with Crippen molar-refractivity contribution in [2.45, 2.75) is 6.54 Å². The van der Waals surface area contributed by atoms with Gasteiger partial charge in [-0.2, -0.15) is 0 Å². The van der Waals surface area contributed by atoms with Crippen molar-refractivity contribution in [3.63, 3.8) is 0 Å². The molecule has 0 bridgehead atoms. The summed E-state index contributed by atoms with van der Waals surface area (Å²) in [6.07, 6.45) is 4.89. The second-order valence-electron chi connectivity index (χ2n) is 5.73. The molecule has 4 rings (SSSR count). The first-order valence-electron chi connectivity index (χ1n) is 8.02. The Bertz CT molecular complexity index is 1160. The molecule has 1 N–H and O–H groups in total. The van der Waals surface area contributed by atoms with E-state index in [0.717, 1.165) is 17.4 Å². The van der Waals surface area contributed by atoms with Gasteiger partial charge < -0.3 is 14.6 Å². The van der Waals surface area contributed by atoms with Crippen molar-refractivity contribution in [2.24, 2.45) is 0 Å². The van der Waals surface area contributed by atoms with Gasteiger partial charge in [0.15, 0.2) is 4.96 Å². The molecule has 0 spiro atoms. The number of hydrogen-bond acceptors (Lipinski definition) is 5. The first-order valence-corrected chi connectivity index (χ1v) is 8.90. The van der Waals surface area contributed by atoms with Crippen LogP contribution in [0.15, 0.2) is 53.0 Å². The lowest BCUT2D eigenvalue weighted by atomic mass is 10.2. The van der Waals surface area contributed by atoms with Crippen molar-refractivity contribution in [3.8, 4) is 0 Å². The van der Waals surface area contributed by atoms with E-state index in [1.807, 2.05) is 30.5 Å². The summed E-state index contributed by atoms with van der Waals surface area (Å²) in [7, 11) is 1.66. The molecular formula is C18H16N4O3S. The number of carbonyl (C=O) groups excluding carboxylic acids is 1. The lowest BCUT2D eigenvalue weighted by molar-refractivity contribution is 0.102. The normalized spacial score (nSPS) is 11.3. The molecule has 0 aliphatic heterocycles. The summed E-state index contributed by atoms with van der Waals surface area (Å²) in [6, 6.07) is 7.60. The molecule has 0 atom stereocenters. The molecular weight excluding hydrogens is 352 g/mol. The van der Waals surface area contributed by atoms with Crippen LogP contribution < -0.4 is 10.9 Å². The first kappa shape index (κ1) is 16.5. The Morgan fingerprint density at radius 1 is 1.31 bits per heavy atom. The molecule has 132 valence electrons. The zero-order chi connectivity index (χ0) is 18.1. The summed E-state index contributed by atoms with van der Waals surface area (Å²) >= 11 is 1.34. The third kappa shape index (κ3) is 2.79. The highest BCUT2D eigenvalue weighted by Gasteiger charge is 2.15. The van der Waals surface area contributed by atoms with Gasteiger partial charge in [0.2, 0.25) is 0 Å². The van der Waals surface area contributed by atoms with E-state index in [-0.39, 0.29) is 11.1 Å². The fourth-order valence-corrected chi connectivity index (χ4v) is 3.56. The van der Waals surface area contributed by atoms with Crippen molar-refractivity contribution in [1.82, 2.24) is 14.0 Å². The number of methoxy groups -OCH3 is 1. The number of thiazole rings is 1. The van der Waals surface area contributed by atoms with Crippen LogP contribution >= 0.6 is 11.3 Å². The van der Waals surface area contributed by atoms with Crippen molar-refractivity contribution in [1.29, 1.82) is 0 Å². The number of carbonyl (C=O) groups is 1. The van der Waals surface area contributed by atoms with Crippen LogP contribution in [0.2, 0.25) is 0 Å². The third-order valence-corrected chi connectivity index (χ3v) is 4.96. The highest BCUT2D eigenvalue weighted by molar-refractivity contribution is 7.15. The summed E-state index contributed by atoms with van der Waals surface area (Å²) in [4.78, 5) is 29.8. The Labute approximate surface area is 152 Å². The van der Waals surface area contributed by atoms with Gasteiger partial charge in [-0.05, 0) is 18.2 Å². The van der Waals surface area contributed by atoms with Crippen LogP contribution in [0.3, 0.4) is 0 Å². The number of anilines is 1. The lowest BCUT2D eigenvalue weighted by Crippen LogP contribution is -2.25. The van der Waals surface area contributed by atoms with Crippen LogP contribution in [0, 0.1) is 0 Å². The summed E-state index contributed by atoms with van der Waals surface area (Å²) in [5.74, 6) is -0.472. The van der Waals surface area contributed by atoms with Crippen molar-refractivity contribution in [3.05, 3.63) is 64.2 Å².